The maximum atomic E-state index is 12.4. The molecular weight excluding hydrogens is 301 g/mol. The monoisotopic (exact) mass is 320 g/mol. The van der Waals surface area contributed by atoms with E-state index in [0.717, 1.165) is 33.9 Å². The molecule has 2 nitrogen and oxygen atoms in total. The Kier molecular flexibility index (Phi) is 4.06. The third kappa shape index (κ3) is 3.06. The van der Waals surface area contributed by atoms with Crippen LogP contribution in [0.25, 0.3) is 21.8 Å². The number of rotatable bonds is 4. The van der Waals surface area contributed by atoms with Gasteiger partial charge >= 0.3 is 6.18 Å². The number of hydrogen-bond acceptors (Lipinski definition) is 1. The minimum Gasteiger partial charge on any atom is -0.341 e. The number of hydrogen-bond donors (Lipinski definition) is 1. The number of benzene rings is 2. The molecule has 0 amide bonds. The normalized spacial score (nSPS) is 13.8. The lowest BCUT2D eigenvalue weighted by molar-refractivity contribution is -0.136. The average molecular weight is 320 g/mol. The van der Waals surface area contributed by atoms with E-state index in [0.29, 0.717) is 0 Å². The zero-order chi connectivity index (χ0) is 16.6. The van der Waals surface area contributed by atoms with Crippen LogP contribution in [-0.2, 0) is 6.54 Å². The molecule has 2 aromatic carbocycles. The second-order valence-corrected chi connectivity index (χ2v) is 5.80. The van der Waals surface area contributed by atoms with Crippen molar-refractivity contribution in [2.24, 2.45) is 5.73 Å². The van der Waals surface area contributed by atoms with Crippen molar-refractivity contribution in [3.05, 3.63) is 48.0 Å². The third-order valence-corrected chi connectivity index (χ3v) is 4.28. The molecule has 23 heavy (non-hydrogen) atoms. The molecule has 0 aliphatic heterocycles. The number of aromatic nitrogens is 1. The van der Waals surface area contributed by atoms with Crippen LogP contribution in [-0.4, -0.2) is 10.7 Å². The molecule has 0 saturated heterocycles. The minimum atomic E-state index is -4.17. The SMILES string of the molecule is CCn1c2ccccc2c2cc([C@H](N)CCC(F)(F)F)ccc21. The fourth-order valence-electron chi connectivity index (χ4n) is 3.13. The fourth-order valence-corrected chi connectivity index (χ4v) is 3.13. The van der Waals surface area contributed by atoms with E-state index in [1.54, 1.807) is 0 Å². The van der Waals surface area contributed by atoms with Gasteiger partial charge in [-0.05, 0) is 37.1 Å². The molecule has 1 aromatic heterocycles. The van der Waals surface area contributed by atoms with Crippen molar-refractivity contribution in [3.8, 4) is 0 Å². The summed E-state index contributed by atoms with van der Waals surface area (Å²) in [6.07, 6.45) is -5.12. The second kappa shape index (κ2) is 5.89. The maximum Gasteiger partial charge on any atom is 0.389 e. The van der Waals surface area contributed by atoms with Gasteiger partial charge in [0, 0.05) is 40.8 Å². The molecule has 0 bridgehead atoms. The summed E-state index contributed by atoms with van der Waals surface area (Å²) in [7, 11) is 0. The highest BCUT2D eigenvalue weighted by Crippen LogP contribution is 2.32. The number of para-hydroxylation sites is 1. The number of nitrogens with two attached hydrogens (primary N) is 1. The molecular formula is C18H19F3N2. The standard InChI is InChI=1S/C18H19F3N2/c1-2-23-16-6-4-3-5-13(16)14-11-12(7-8-17(14)23)15(22)9-10-18(19,20)21/h3-8,11,15H,2,9-10,22H2,1H3/t15-/m1/s1. The molecule has 0 radical (unpaired) electrons. The van der Waals surface area contributed by atoms with Crippen LogP contribution in [0.2, 0.25) is 0 Å². The van der Waals surface area contributed by atoms with Crippen molar-refractivity contribution in [2.45, 2.75) is 38.5 Å². The Bertz CT molecular complexity index is 833. The zero-order valence-electron chi connectivity index (χ0n) is 12.9. The van der Waals surface area contributed by atoms with E-state index in [9.17, 15) is 13.2 Å². The first-order chi connectivity index (χ1) is 10.9. The number of alkyl halides is 3. The number of aryl methyl sites for hydroxylation is 1. The molecule has 5 heteroatoms. The van der Waals surface area contributed by atoms with Crippen molar-refractivity contribution < 1.29 is 13.2 Å². The molecule has 0 spiro atoms. The quantitative estimate of drug-likeness (QED) is 0.707. The van der Waals surface area contributed by atoms with Gasteiger partial charge in [-0.3, -0.25) is 0 Å². The lowest BCUT2D eigenvalue weighted by Crippen LogP contribution is -2.15. The Labute approximate surface area is 132 Å². The Morgan fingerprint density at radius 3 is 2.43 bits per heavy atom. The highest BCUT2D eigenvalue weighted by atomic mass is 19.4. The molecule has 2 N–H and O–H groups in total. The third-order valence-electron chi connectivity index (χ3n) is 4.28. The molecule has 0 unspecified atom stereocenters. The fraction of sp³-hybridized carbons (Fsp3) is 0.333. The summed E-state index contributed by atoms with van der Waals surface area (Å²) in [5.74, 6) is 0. The average Bonchev–Trinajstić information content (AvgIpc) is 2.85. The summed E-state index contributed by atoms with van der Waals surface area (Å²) in [6, 6.07) is 13.2. The Balaban J connectivity index is 2.03. The predicted octanol–water partition coefficient (Wildman–Crippen LogP) is 5.16. The Morgan fingerprint density at radius 2 is 1.74 bits per heavy atom. The summed E-state index contributed by atoms with van der Waals surface area (Å²) in [4.78, 5) is 0. The molecule has 3 rings (SSSR count). The van der Waals surface area contributed by atoms with Crippen molar-refractivity contribution in [2.75, 3.05) is 0 Å². The van der Waals surface area contributed by atoms with Gasteiger partial charge in [0.05, 0.1) is 0 Å². The summed E-state index contributed by atoms with van der Waals surface area (Å²) in [6.45, 7) is 2.92. The smallest absolute Gasteiger partial charge is 0.341 e. The minimum absolute atomic E-state index is 0.0958. The number of halogens is 3. The first kappa shape index (κ1) is 15.9. The van der Waals surface area contributed by atoms with Gasteiger partial charge in [-0.25, -0.2) is 0 Å². The summed E-state index contributed by atoms with van der Waals surface area (Å²) in [5.41, 5.74) is 8.93. The molecule has 0 saturated carbocycles. The van der Waals surface area contributed by atoms with Gasteiger partial charge < -0.3 is 10.3 Å². The molecule has 1 atom stereocenters. The van der Waals surface area contributed by atoms with Gasteiger partial charge in [0.15, 0.2) is 0 Å². The van der Waals surface area contributed by atoms with Crippen LogP contribution in [0.5, 0.6) is 0 Å². The van der Waals surface area contributed by atoms with E-state index >= 15 is 0 Å². The lowest BCUT2D eigenvalue weighted by Gasteiger charge is -2.14. The molecule has 1 heterocycles. The highest BCUT2D eigenvalue weighted by Gasteiger charge is 2.28. The maximum absolute atomic E-state index is 12.4. The van der Waals surface area contributed by atoms with Gasteiger partial charge in [-0.2, -0.15) is 13.2 Å². The van der Waals surface area contributed by atoms with Gasteiger partial charge in [-0.15, -0.1) is 0 Å². The van der Waals surface area contributed by atoms with Crippen LogP contribution in [0, 0.1) is 0 Å². The lowest BCUT2D eigenvalue weighted by atomic mass is 10.0. The van der Waals surface area contributed by atoms with Crippen LogP contribution in [0.15, 0.2) is 42.5 Å². The highest BCUT2D eigenvalue weighted by molar-refractivity contribution is 6.08. The van der Waals surface area contributed by atoms with Crippen molar-refractivity contribution >= 4 is 21.8 Å². The first-order valence-electron chi connectivity index (χ1n) is 7.74. The number of fused-ring (bicyclic) bond motifs is 3. The van der Waals surface area contributed by atoms with Gasteiger partial charge in [-0.1, -0.05) is 24.3 Å². The molecule has 0 aliphatic rings. The Morgan fingerprint density at radius 1 is 1.04 bits per heavy atom. The summed E-state index contributed by atoms with van der Waals surface area (Å²) < 4.78 is 39.4. The second-order valence-electron chi connectivity index (χ2n) is 5.80. The molecule has 3 aromatic rings. The van der Waals surface area contributed by atoms with Crippen LogP contribution in [0.3, 0.4) is 0 Å². The summed E-state index contributed by atoms with van der Waals surface area (Å²) >= 11 is 0. The van der Waals surface area contributed by atoms with Crippen LogP contribution in [0.4, 0.5) is 13.2 Å². The van der Waals surface area contributed by atoms with E-state index in [1.807, 2.05) is 36.4 Å². The van der Waals surface area contributed by atoms with Gasteiger partial charge in [0.1, 0.15) is 0 Å². The van der Waals surface area contributed by atoms with E-state index in [4.69, 9.17) is 5.73 Å². The van der Waals surface area contributed by atoms with E-state index in [2.05, 4.69) is 17.6 Å². The topological polar surface area (TPSA) is 30.9 Å². The summed E-state index contributed by atoms with van der Waals surface area (Å²) in [5, 5.41) is 2.15. The van der Waals surface area contributed by atoms with E-state index in [1.165, 1.54) is 0 Å². The predicted molar refractivity (Wildman–Crippen MR) is 87.3 cm³/mol. The van der Waals surface area contributed by atoms with E-state index in [-0.39, 0.29) is 6.42 Å². The molecule has 0 fully saturated rings. The zero-order valence-corrected chi connectivity index (χ0v) is 12.9. The first-order valence-corrected chi connectivity index (χ1v) is 7.74. The number of nitrogens with zero attached hydrogens (tertiary/aromatic N) is 1. The van der Waals surface area contributed by atoms with Crippen LogP contribution in [0.1, 0.15) is 31.4 Å². The van der Waals surface area contributed by atoms with Crippen LogP contribution < -0.4 is 5.73 Å². The van der Waals surface area contributed by atoms with Gasteiger partial charge in [0.25, 0.3) is 0 Å². The Hall–Kier alpha value is -2.01. The largest absolute Gasteiger partial charge is 0.389 e. The van der Waals surface area contributed by atoms with Gasteiger partial charge in [0.2, 0.25) is 0 Å². The van der Waals surface area contributed by atoms with Crippen molar-refractivity contribution in [3.63, 3.8) is 0 Å². The molecule has 122 valence electrons. The molecule has 0 aliphatic carbocycles. The van der Waals surface area contributed by atoms with Crippen LogP contribution >= 0.6 is 0 Å². The van der Waals surface area contributed by atoms with E-state index < -0.39 is 18.6 Å². The van der Waals surface area contributed by atoms with Crippen molar-refractivity contribution in [1.29, 1.82) is 0 Å². The van der Waals surface area contributed by atoms with Crippen molar-refractivity contribution in [1.82, 2.24) is 4.57 Å².